The van der Waals surface area contributed by atoms with Crippen molar-refractivity contribution in [2.45, 2.75) is 18.9 Å². The number of aromatic nitrogens is 2. The minimum absolute atomic E-state index is 0.258. The molecular weight excluding hydrogens is 268 g/mol. The van der Waals surface area contributed by atoms with Gasteiger partial charge in [0.25, 0.3) is 11.5 Å². The molecule has 1 aliphatic rings. The van der Waals surface area contributed by atoms with E-state index in [1.54, 1.807) is 24.3 Å². The van der Waals surface area contributed by atoms with E-state index >= 15 is 0 Å². The lowest BCUT2D eigenvalue weighted by Crippen LogP contribution is -2.34. The van der Waals surface area contributed by atoms with Crippen molar-refractivity contribution in [1.29, 1.82) is 0 Å². The summed E-state index contributed by atoms with van der Waals surface area (Å²) in [4.78, 5) is 26.2. The minimum atomic E-state index is -0.282. The van der Waals surface area contributed by atoms with Crippen LogP contribution in [-0.2, 0) is 0 Å². The van der Waals surface area contributed by atoms with Gasteiger partial charge in [-0.2, -0.15) is 5.10 Å². The molecule has 0 saturated heterocycles. The first-order chi connectivity index (χ1) is 10.2. The van der Waals surface area contributed by atoms with Gasteiger partial charge < -0.3 is 10.2 Å². The van der Waals surface area contributed by atoms with Crippen LogP contribution in [0, 0.1) is 0 Å². The number of nitrogens with zero attached hydrogens (tertiary/aromatic N) is 2. The van der Waals surface area contributed by atoms with Gasteiger partial charge in [-0.15, -0.1) is 0 Å². The Kier molecular flexibility index (Phi) is 3.70. The number of carbonyl (C=O) groups is 1. The molecule has 0 spiro atoms. The third kappa shape index (κ3) is 2.95. The van der Waals surface area contributed by atoms with Crippen molar-refractivity contribution in [3.8, 4) is 0 Å². The molecule has 2 N–H and O–H groups in total. The number of aromatic amines is 1. The van der Waals surface area contributed by atoms with Crippen molar-refractivity contribution in [1.82, 2.24) is 20.4 Å². The number of hydrogen-bond donors (Lipinski definition) is 2. The second-order valence-corrected chi connectivity index (χ2v) is 5.41. The van der Waals surface area contributed by atoms with Gasteiger partial charge in [-0.25, -0.2) is 5.10 Å². The van der Waals surface area contributed by atoms with Crippen LogP contribution >= 0.6 is 0 Å². The van der Waals surface area contributed by atoms with Crippen molar-refractivity contribution >= 4 is 16.7 Å². The van der Waals surface area contributed by atoms with Crippen LogP contribution in [0.5, 0.6) is 0 Å². The van der Waals surface area contributed by atoms with Crippen molar-refractivity contribution in [2.24, 2.45) is 0 Å². The maximum atomic E-state index is 12.2. The van der Waals surface area contributed by atoms with Crippen molar-refractivity contribution in [2.75, 3.05) is 20.1 Å². The van der Waals surface area contributed by atoms with Gasteiger partial charge in [-0.1, -0.05) is 18.2 Å². The molecule has 3 rings (SSSR count). The molecule has 0 aliphatic heterocycles. The van der Waals surface area contributed by atoms with E-state index in [4.69, 9.17) is 0 Å². The van der Waals surface area contributed by atoms with Crippen LogP contribution in [0.3, 0.4) is 0 Å². The quantitative estimate of drug-likeness (QED) is 0.850. The zero-order valence-electron chi connectivity index (χ0n) is 11.9. The van der Waals surface area contributed by atoms with E-state index in [2.05, 4.69) is 27.5 Å². The Bertz CT molecular complexity index is 721. The Morgan fingerprint density at radius 1 is 1.38 bits per heavy atom. The maximum Gasteiger partial charge on any atom is 0.272 e. The van der Waals surface area contributed by atoms with Crippen LogP contribution in [0.4, 0.5) is 0 Å². The summed E-state index contributed by atoms with van der Waals surface area (Å²) in [5.74, 6) is -0.258. The molecule has 110 valence electrons. The highest BCUT2D eigenvalue weighted by atomic mass is 16.2. The van der Waals surface area contributed by atoms with Gasteiger partial charge >= 0.3 is 0 Å². The minimum Gasteiger partial charge on any atom is -0.349 e. The average molecular weight is 286 g/mol. The predicted molar refractivity (Wildman–Crippen MR) is 80.3 cm³/mol. The number of fused-ring (bicyclic) bond motifs is 1. The fourth-order valence-electron chi connectivity index (χ4n) is 2.42. The highest BCUT2D eigenvalue weighted by molar-refractivity contribution is 6.04. The summed E-state index contributed by atoms with van der Waals surface area (Å²) in [6.07, 6.45) is 2.49. The maximum absolute atomic E-state index is 12.2. The molecule has 0 radical (unpaired) electrons. The number of benzene rings is 1. The van der Waals surface area contributed by atoms with E-state index < -0.39 is 0 Å². The highest BCUT2D eigenvalue weighted by Gasteiger charge is 2.25. The second-order valence-electron chi connectivity index (χ2n) is 5.41. The van der Waals surface area contributed by atoms with Gasteiger partial charge in [0.1, 0.15) is 0 Å². The molecule has 1 aromatic heterocycles. The lowest BCUT2D eigenvalue weighted by Gasteiger charge is -2.15. The van der Waals surface area contributed by atoms with Crippen LogP contribution in [0.25, 0.3) is 10.8 Å². The van der Waals surface area contributed by atoms with Gasteiger partial charge in [0.05, 0.1) is 5.39 Å². The molecule has 1 fully saturated rings. The molecule has 1 saturated carbocycles. The average Bonchev–Trinajstić information content (AvgIpc) is 3.32. The number of rotatable bonds is 5. The molecule has 6 heteroatoms. The number of amides is 1. The molecule has 1 aromatic carbocycles. The Balaban J connectivity index is 1.72. The predicted octanol–water partition coefficient (Wildman–Crippen LogP) is 0.747. The van der Waals surface area contributed by atoms with Gasteiger partial charge in [-0.3, -0.25) is 9.59 Å². The number of likely N-dealkylation sites (N-methyl/N-ethyl adjacent to an activating group) is 1. The van der Waals surface area contributed by atoms with Crippen LogP contribution < -0.4 is 10.9 Å². The van der Waals surface area contributed by atoms with E-state index in [0.717, 1.165) is 6.54 Å². The molecule has 1 amide bonds. The number of hydrogen-bond acceptors (Lipinski definition) is 4. The summed E-state index contributed by atoms with van der Waals surface area (Å²) < 4.78 is 0. The number of nitrogens with one attached hydrogen (secondary N) is 2. The second kappa shape index (κ2) is 5.65. The van der Waals surface area contributed by atoms with Gasteiger partial charge in [-0.05, 0) is 26.0 Å². The first kappa shape index (κ1) is 13.8. The lowest BCUT2D eigenvalue weighted by atomic mass is 10.1. The van der Waals surface area contributed by atoms with Gasteiger partial charge in [0, 0.05) is 24.5 Å². The van der Waals surface area contributed by atoms with Crippen molar-refractivity contribution in [3.63, 3.8) is 0 Å². The summed E-state index contributed by atoms with van der Waals surface area (Å²) in [5.41, 5.74) is -0.0186. The third-order valence-electron chi connectivity index (χ3n) is 3.83. The fraction of sp³-hybridized carbons (Fsp3) is 0.400. The summed E-state index contributed by atoms with van der Waals surface area (Å²) in [6, 6.07) is 7.66. The summed E-state index contributed by atoms with van der Waals surface area (Å²) in [5, 5.41) is 10.2. The molecule has 0 bridgehead atoms. The summed E-state index contributed by atoms with van der Waals surface area (Å²) in [7, 11) is 2.07. The molecule has 1 heterocycles. The monoisotopic (exact) mass is 286 g/mol. The Morgan fingerprint density at radius 3 is 2.81 bits per heavy atom. The van der Waals surface area contributed by atoms with Crippen molar-refractivity contribution < 1.29 is 4.79 Å². The molecule has 0 atom stereocenters. The number of carbonyl (C=O) groups excluding carboxylic acids is 1. The first-order valence-electron chi connectivity index (χ1n) is 7.12. The first-order valence-corrected chi connectivity index (χ1v) is 7.12. The lowest BCUT2D eigenvalue weighted by molar-refractivity contribution is 0.0945. The van der Waals surface area contributed by atoms with Crippen molar-refractivity contribution in [3.05, 3.63) is 40.3 Å². The van der Waals surface area contributed by atoms with E-state index in [0.29, 0.717) is 23.4 Å². The Hall–Kier alpha value is -2.21. The largest absolute Gasteiger partial charge is 0.349 e. The standard InChI is InChI=1S/C15H18N4O2/c1-19(10-6-7-10)9-8-16-15(21)13-11-4-2-3-5-12(11)14(20)18-17-13/h2-5,10H,6-9H2,1H3,(H,16,21)(H,18,20). The van der Waals surface area contributed by atoms with Crippen LogP contribution in [0.15, 0.2) is 29.1 Å². The molecule has 21 heavy (non-hydrogen) atoms. The zero-order valence-corrected chi connectivity index (χ0v) is 11.9. The topological polar surface area (TPSA) is 78.1 Å². The summed E-state index contributed by atoms with van der Waals surface area (Å²) >= 11 is 0. The van der Waals surface area contributed by atoms with Crippen LogP contribution in [0.1, 0.15) is 23.3 Å². The van der Waals surface area contributed by atoms with E-state index in [9.17, 15) is 9.59 Å². The Morgan fingerprint density at radius 2 is 2.10 bits per heavy atom. The normalized spacial score (nSPS) is 14.6. The van der Waals surface area contributed by atoms with Gasteiger partial charge in [0.15, 0.2) is 5.69 Å². The Labute approximate surface area is 122 Å². The fourth-order valence-corrected chi connectivity index (χ4v) is 2.42. The van der Waals surface area contributed by atoms with Crippen LogP contribution in [-0.4, -0.2) is 47.2 Å². The van der Waals surface area contributed by atoms with E-state index in [1.165, 1.54) is 12.8 Å². The number of H-pyrrole nitrogens is 1. The molecule has 6 nitrogen and oxygen atoms in total. The van der Waals surface area contributed by atoms with E-state index in [1.807, 2.05) is 0 Å². The SMILES string of the molecule is CN(CCNC(=O)c1n[nH]c(=O)c2ccccc12)C1CC1. The van der Waals surface area contributed by atoms with Gasteiger partial charge in [0.2, 0.25) is 0 Å². The highest BCUT2D eigenvalue weighted by Crippen LogP contribution is 2.24. The molecule has 2 aromatic rings. The molecular formula is C15H18N4O2. The van der Waals surface area contributed by atoms with E-state index in [-0.39, 0.29) is 17.2 Å². The smallest absolute Gasteiger partial charge is 0.272 e. The molecule has 1 aliphatic carbocycles. The molecule has 0 unspecified atom stereocenters. The van der Waals surface area contributed by atoms with Crippen LogP contribution in [0.2, 0.25) is 0 Å². The third-order valence-corrected chi connectivity index (χ3v) is 3.83. The zero-order chi connectivity index (χ0) is 14.8. The summed E-state index contributed by atoms with van der Waals surface area (Å²) in [6.45, 7) is 1.39.